The lowest BCUT2D eigenvalue weighted by atomic mass is 10.1. The molecule has 3 aromatic rings. The summed E-state index contributed by atoms with van der Waals surface area (Å²) < 4.78 is 6.95. The van der Waals surface area contributed by atoms with Crippen molar-refractivity contribution in [2.45, 2.75) is 34.6 Å². The van der Waals surface area contributed by atoms with Crippen LogP contribution in [0.4, 0.5) is 5.95 Å². The fourth-order valence-corrected chi connectivity index (χ4v) is 4.47. The Balaban J connectivity index is 1.89. The number of nitrogen functional groups attached to an aromatic ring is 1. The van der Waals surface area contributed by atoms with E-state index in [1.807, 2.05) is 0 Å². The zero-order chi connectivity index (χ0) is 20.9. The van der Waals surface area contributed by atoms with E-state index < -0.39 is 36.7 Å². The third-order valence-electron chi connectivity index (χ3n) is 4.40. The summed E-state index contributed by atoms with van der Waals surface area (Å²) in [5.41, 5.74) is 5.10. The Morgan fingerprint density at radius 2 is 2.03 bits per heavy atom. The molecule has 6 N–H and O–H groups in total. The van der Waals surface area contributed by atoms with Crippen LogP contribution in [0.3, 0.4) is 0 Å². The molecule has 1 saturated heterocycles. The minimum absolute atomic E-state index is 0.0375. The third kappa shape index (κ3) is 3.59. The number of benzene rings is 1. The maximum absolute atomic E-state index is 12.3. The standard InChI is InChI=1S/C16H15Cl2N5O5S/c17-5-1-2-8(6(18)3-5)29-16-20-9-12(21-15(19)22-13(9)27)23(16)14-11(26)10(25)7(4-24)28-14/h1-3,7,10-11,14,24-26H,4H2,(H3,19,21,22,27)/t7-,10-,11-,14-/m1/s1. The van der Waals surface area contributed by atoms with Crippen molar-refractivity contribution in [1.82, 2.24) is 19.5 Å². The lowest BCUT2D eigenvalue weighted by molar-refractivity contribution is -0.0548. The molecule has 154 valence electrons. The van der Waals surface area contributed by atoms with Gasteiger partial charge in [0.25, 0.3) is 5.56 Å². The number of nitrogens with two attached hydrogens (primary N) is 1. The Morgan fingerprint density at radius 1 is 1.28 bits per heavy atom. The van der Waals surface area contributed by atoms with E-state index in [2.05, 4.69) is 15.0 Å². The van der Waals surface area contributed by atoms with Gasteiger partial charge in [0.15, 0.2) is 22.5 Å². The van der Waals surface area contributed by atoms with E-state index in [0.717, 1.165) is 11.8 Å². The van der Waals surface area contributed by atoms with Crippen LogP contribution in [0.2, 0.25) is 10.0 Å². The topological polar surface area (TPSA) is 160 Å². The van der Waals surface area contributed by atoms with Gasteiger partial charge in [-0.25, -0.2) is 4.98 Å². The van der Waals surface area contributed by atoms with Gasteiger partial charge < -0.3 is 25.8 Å². The smallest absolute Gasteiger partial charge is 0.280 e. The predicted molar refractivity (Wildman–Crippen MR) is 106 cm³/mol. The largest absolute Gasteiger partial charge is 0.394 e. The molecule has 1 aliphatic rings. The number of aromatic nitrogens is 4. The molecule has 3 heterocycles. The first-order chi connectivity index (χ1) is 13.8. The molecule has 0 unspecified atom stereocenters. The minimum Gasteiger partial charge on any atom is -0.394 e. The first kappa shape index (κ1) is 20.4. The summed E-state index contributed by atoms with van der Waals surface area (Å²) in [5, 5.41) is 31.0. The molecule has 1 aliphatic heterocycles. The number of rotatable bonds is 4. The van der Waals surface area contributed by atoms with Gasteiger partial charge in [0, 0.05) is 9.92 Å². The van der Waals surface area contributed by atoms with Crippen molar-refractivity contribution in [3.05, 3.63) is 38.6 Å². The van der Waals surface area contributed by atoms with Crippen molar-refractivity contribution < 1.29 is 20.1 Å². The highest BCUT2D eigenvalue weighted by molar-refractivity contribution is 7.99. The van der Waals surface area contributed by atoms with Gasteiger partial charge in [-0.05, 0) is 30.0 Å². The number of hydrogen-bond acceptors (Lipinski definition) is 9. The Kier molecular flexibility index (Phi) is 5.46. The molecular formula is C16H15Cl2N5O5S. The molecule has 4 rings (SSSR count). The number of aliphatic hydroxyl groups is 3. The lowest BCUT2D eigenvalue weighted by Crippen LogP contribution is -2.33. The highest BCUT2D eigenvalue weighted by atomic mass is 35.5. The van der Waals surface area contributed by atoms with Crippen molar-refractivity contribution in [3.8, 4) is 0 Å². The summed E-state index contributed by atoms with van der Waals surface area (Å²) in [6.07, 6.45) is -4.95. The van der Waals surface area contributed by atoms with Gasteiger partial charge in [-0.3, -0.25) is 14.3 Å². The average molecular weight is 460 g/mol. The number of H-pyrrole nitrogens is 1. The lowest BCUT2D eigenvalue weighted by Gasteiger charge is -2.19. The molecular weight excluding hydrogens is 445 g/mol. The fourth-order valence-electron chi connectivity index (χ4n) is 3.03. The van der Waals surface area contributed by atoms with Crippen LogP contribution in [0, 0.1) is 0 Å². The molecule has 29 heavy (non-hydrogen) atoms. The van der Waals surface area contributed by atoms with Gasteiger partial charge in [-0.1, -0.05) is 23.2 Å². The SMILES string of the molecule is Nc1nc2c(nc(Sc3ccc(Cl)cc3Cl)n2[C@@H]2O[C@H](CO)[C@@H](O)[C@H]2O)c(=O)[nH]1. The highest BCUT2D eigenvalue weighted by Gasteiger charge is 2.45. The van der Waals surface area contributed by atoms with Crippen LogP contribution in [0.15, 0.2) is 33.0 Å². The van der Waals surface area contributed by atoms with Crippen LogP contribution >= 0.6 is 35.0 Å². The number of anilines is 1. The van der Waals surface area contributed by atoms with Crippen LogP contribution < -0.4 is 11.3 Å². The van der Waals surface area contributed by atoms with E-state index in [1.54, 1.807) is 18.2 Å². The molecule has 0 amide bonds. The summed E-state index contributed by atoms with van der Waals surface area (Å²) >= 11 is 13.3. The second-order valence-electron chi connectivity index (χ2n) is 6.29. The van der Waals surface area contributed by atoms with Gasteiger partial charge >= 0.3 is 0 Å². The quantitative estimate of drug-likeness (QED) is 0.379. The van der Waals surface area contributed by atoms with Gasteiger partial charge in [0.05, 0.1) is 11.6 Å². The highest BCUT2D eigenvalue weighted by Crippen LogP contribution is 2.39. The number of hydrogen-bond donors (Lipinski definition) is 5. The Morgan fingerprint density at radius 3 is 2.69 bits per heavy atom. The van der Waals surface area contributed by atoms with E-state index in [-0.39, 0.29) is 22.3 Å². The average Bonchev–Trinajstić information content (AvgIpc) is 3.15. The molecule has 2 aromatic heterocycles. The number of fused-ring (bicyclic) bond motifs is 1. The molecule has 0 radical (unpaired) electrons. The Bertz CT molecular complexity index is 1140. The zero-order valence-electron chi connectivity index (χ0n) is 14.5. The maximum atomic E-state index is 12.3. The monoisotopic (exact) mass is 459 g/mol. The zero-order valence-corrected chi connectivity index (χ0v) is 16.8. The number of ether oxygens (including phenoxy) is 1. The summed E-state index contributed by atoms with van der Waals surface area (Å²) in [7, 11) is 0. The van der Waals surface area contributed by atoms with Crippen LogP contribution in [-0.2, 0) is 4.74 Å². The van der Waals surface area contributed by atoms with Gasteiger partial charge in [-0.2, -0.15) is 4.98 Å². The molecule has 0 aliphatic carbocycles. The first-order valence-electron chi connectivity index (χ1n) is 8.33. The van der Waals surface area contributed by atoms with E-state index in [9.17, 15) is 20.1 Å². The van der Waals surface area contributed by atoms with Crippen molar-refractivity contribution >= 4 is 52.1 Å². The Hall–Kier alpha value is -1.86. The predicted octanol–water partition coefficient (Wildman–Crippen LogP) is 0.771. The molecule has 4 atom stereocenters. The summed E-state index contributed by atoms with van der Waals surface area (Å²) in [6, 6.07) is 4.86. The van der Waals surface area contributed by atoms with Crippen molar-refractivity contribution in [1.29, 1.82) is 0 Å². The normalized spacial score (nSPS) is 24.4. The van der Waals surface area contributed by atoms with Crippen LogP contribution in [0.1, 0.15) is 6.23 Å². The van der Waals surface area contributed by atoms with E-state index in [4.69, 9.17) is 33.7 Å². The summed E-state index contributed by atoms with van der Waals surface area (Å²) in [5.74, 6) is -0.156. The van der Waals surface area contributed by atoms with Crippen LogP contribution in [-0.4, -0.2) is 59.8 Å². The van der Waals surface area contributed by atoms with Gasteiger partial charge in [0.2, 0.25) is 5.95 Å². The third-order valence-corrected chi connectivity index (χ3v) is 6.11. The number of nitrogens with zero attached hydrogens (tertiary/aromatic N) is 3. The second-order valence-corrected chi connectivity index (χ2v) is 8.15. The fraction of sp³-hybridized carbons (Fsp3) is 0.312. The molecule has 1 fully saturated rings. The number of aromatic amines is 1. The van der Waals surface area contributed by atoms with Crippen LogP contribution in [0.25, 0.3) is 11.2 Å². The number of halogens is 2. The maximum Gasteiger partial charge on any atom is 0.280 e. The van der Waals surface area contributed by atoms with E-state index in [0.29, 0.717) is 14.9 Å². The van der Waals surface area contributed by atoms with Gasteiger partial charge in [-0.15, -0.1) is 0 Å². The van der Waals surface area contributed by atoms with Gasteiger partial charge in [0.1, 0.15) is 18.3 Å². The summed E-state index contributed by atoms with van der Waals surface area (Å²) in [6.45, 7) is -0.511. The minimum atomic E-state index is -1.41. The van der Waals surface area contributed by atoms with Crippen molar-refractivity contribution in [3.63, 3.8) is 0 Å². The van der Waals surface area contributed by atoms with Crippen molar-refractivity contribution in [2.75, 3.05) is 12.3 Å². The second kappa shape index (κ2) is 7.76. The number of aliphatic hydroxyl groups excluding tert-OH is 3. The molecule has 0 bridgehead atoms. The molecule has 0 saturated carbocycles. The molecule has 0 spiro atoms. The molecule has 1 aromatic carbocycles. The molecule has 10 nitrogen and oxygen atoms in total. The Labute approximate surface area is 177 Å². The summed E-state index contributed by atoms with van der Waals surface area (Å²) in [4.78, 5) is 23.7. The number of nitrogens with one attached hydrogen (secondary N) is 1. The number of imidazole rings is 1. The van der Waals surface area contributed by atoms with E-state index in [1.165, 1.54) is 4.57 Å². The van der Waals surface area contributed by atoms with Crippen molar-refractivity contribution in [2.24, 2.45) is 0 Å². The first-order valence-corrected chi connectivity index (χ1v) is 9.90. The van der Waals surface area contributed by atoms with Crippen LogP contribution in [0.5, 0.6) is 0 Å². The van der Waals surface area contributed by atoms with E-state index >= 15 is 0 Å². The molecule has 13 heteroatoms.